The number of nitrogens with zero attached hydrogens (tertiary/aromatic N) is 3. The fraction of sp³-hybridized carbons (Fsp3) is 0. The van der Waals surface area contributed by atoms with Crippen LogP contribution in [0.4, 0.5) is 11.5 Å². The van der Waals surface area contributed by atoms with Crippen LogP contribution in [0.2, 0.25) is 5.15 Å². The molecule has 0 amide bonds. The first-order valence-electron chi connectivity index (χ1n) is 4.53. The minimum absolute atomic E-state index is 0.296. The molecule has 0 saturated carbocycles. The van der Waals surface area contributed by atoms with E-state index < -0.39 is 0 Å². The van der Waals surface area contributed by atoms with Crippen LogP contribution in [0.15, 0.2) is 36.7 Å². The molecule has 0 radical (unpaired) electrons. The molecule has 0 unspecified atom stereocenters. The molecule has 4 nitrogen and oxygen atoms in total. The molecule has 0 saturated heterocycles. The molecule has 5 heteroatoms. The quantitative estimate of drug-likeness (QED) is 0.862. The minimum atomic E-state index is 0.296. The van der Waals surface area contributed by atoms with Gasteiger partial charge < -0.3 is 5.32 Å². The Morgan fingerprint density at radius 2 is 2.06 bits per heavy atom. The van der Waals surface area contributed by atoms with Crippen molar-refractivity contribution in [3.8, 4) is 6.07 Å². The van der Waals surface area contributed by atoms with Gasteiger partial charge in [0.2, 0.25) is 0 Å². The lowest BCUT2D eigenvalue weighted by Crippen LogP contribution is -1.95. The highest BCUT2D eigenvalue weighted by Crippen LogP contribution is 2.20. The molecule has 16 heavy (non-hydrogen) atoms. The first-order chi connectivity index (χ1) is 7.79. The van der Waals surface area contributed by atoms with Crippen molar-refractivity contribution in [3.63, 3.8) is 0 Å². The van der Waals surface area contributed by atoms with Crippen molar-refractivity contribution in [1.29, 1.82) is 5.26 Å². The highest BCUT2D eigenvalue weighted by molar-refractivity contribution is 6.31. The van der Waals surface area contributed by atoms with Gasteiger partial charge in [-0.3, -0.25) is 0 Å². The Morgan fingerprint density at radius 3 is 2.81 bits per heavy atom. The summed E-state index contributed by atoms with van der Waals surface area (Å²) in [5, 5.41) is 12.0. The second-order valence-corrected chi connectivity index (χ2v) is 3.37. The summed E-state index contributed by atoms with van der Waals surface area (Å²) < 4.78 is 0. The van der Waals surface area contributed by atoms with E-state index in [0.29, 0.717) is 16.5 Å². The number of nitrogens with one attached hydrogen (secondary N) is 1. The van der Waals surface area contributed by atoms with E-state index in [-0.39, 0.29) is 0 Å². The lowest BCUT2D eigenvalue weighted by atomic mass is 10.2. The molecule has 1 aromatic carbocycles. The maximum atomic E-state index is 8.75. The van der Waals surface area contributed by atoms with E-state index >= 15 is 0 Å². The van der Waals surface area contributed by atoms with E-state index in [4.69, 9.17) is 16.9 Å². The van der Waals surface area contributed by atoms with Crippen LogP contribution in [0.3, 0.4) is 0 Å². The molecule has 0 atom stereocenters. The summed E-state index contributed by atoms with van der Waals surface area (Å²) in [7, 11) is 0. The standard InChI is InChI=1S/C11H7ClN4/c12-10-11(15-5-4-14-10)16-9-3-1-2-8(6-9)7-13/h1-6H,(H,15,16). The molecule has 2 aromatic rings. The van der Waals surface area contributed by atoms with Gasteiger partial charge in [0.25, 0.3) is 0 Å². The fourth-order valence-corrected chi connectivity index (χ4v) is 1.36. The van der Waals surface area contributed by atoms with E-state index in [9.17, 15) is 0 Å². The predicted octanol–water partition coefficient (Wildman–Crippen LogP) is 2.75. The number of hydrogen-bond acceptors (Lipinski definition) is 4. The van der Waals surface area contributed by atoms with Gasteiger partial charge in [0.15, 0.2) is 11.0 Å². The van der Waals surface area contributed by atoms with Crippen molar-refractivity contribution in [2.45, 2.75) is 0 Å². The second kappa shape index (κ2) is 4.60. The van der Waals surface area contributed by atoms with Crippen molar-refractivity contribution in [2.24, 2.45) is 0 Å². The molecule has 78 valence electrons. The van der Waals surface area contributed by atoms with Crippen molar-refractivity contribution in [3.05, 3.63) is 47.4 Å². The molecular weight excluding hydrogens is 224 g/mol. The van der Waals surface area contributed by atoms with Gasteiger partial charge in [0.05, 0.1) is 11.6 Å². The molecule has 0 aliphatic carbocycles. The molecule has 1 N–H and O–H groups in total. The van der Waals surface area contributed by atoms with Gasteiger partial charge in [-0.1, -0.05) is 17.7 Å². The van der Waals surface area contributed by atoms with Crippen LogP contribution in [-0.4, -0.2) is 9.97 Å². The van der Waals surface area contributed by atoms with Crippen molar-refractivity contribution < 1.29 is 0 Å². The number of hydrogen-bond donors (Lipinski definition) is 1. The number of benzene rings is 1. The average molecular weight is 231 g/mol. The lowest BCUT2D eigenvalue weighted by Gasteiger charge is -2.05. The van der Waals surface area contributed by atoms with Crippen LogP contribution in [0, 0.1) is 11.3 Å². The van der Waals surface area contributed by atoms with E-state index in [1.165, 1.54) is 6.20 Å². The molecule has 1 heterocycles. The summed E-state index contributed by atoms with van der Waals surface area (Å²) in [6.07, 6.45) is 3.06. The van der Waals surface area contributed by atoms with Gasteiger partial charge in [-0.2, -0.15) is 5.26 Å². The predicted molar refractivity (Wildman–Crippen MR) is 61.5 cm³/mol. The summed E-state index contributed by atoms with van der Waals surface area (Å²) >= 11 is 5.85. The molecule has 0 aliphatic rings. The number of rotatable bonds is 2. The maximum absolute atomic E-state index is 8.75. The zero-order valence-corrected chi connectivity index (χ0v) is 8.94. The van der Waals surface area contributed by atoms with Gasteiger partial charge >= 0.3 is 0 Å². The van der Waals surface area contributed by atoms with Gasteiger partial charge in [-0.25, -0.2) is 9.97 Å². The molecule has 0 bridgehead atoms. The smallest absolute Gasteiger partial charge is 0.171 e. The van der Waals surface area contributed by atoms with E-state index in [1.807, 2.05) is 6.07 Å². The Hall–Kier alpha value is -2.12. The molecular formula is C11H7ClN4. The number of nitriles is 1. The maximum Gasteiger partial charge on any atom is 0.171 e. The second-order valence-electron chi connectivity index (χ2n) is 3.01. The first-order valence-corrected chi connectivity index (χ1v) is 4.91. The summed E-state index contributed by atoms with van der Waals surface area (Å²) in [5.74, 6) is 0.472. The Kier molecular flexibility index (Phi) is 2.99. The normalized spacial score (nSPS) is 9.50. The highest BCUT2D eigenvalue weighted by Gasteiger charge is 2.02. The fourth-order valence-electron chi connectivity index (χ4n) is 1.21. The Morgan fingerprint density at radius 1 is 1.25 bits per heavy atom. The van der Waals surface area contributed by atoms with Crippen molar-refractivity contribution in [2.75, 3.05) is 5.32 Å². The number of halogens is 1. The third-order valence-corrected chi connectivity index (χ3v) is 2.18. The Balaban J connectivity index is 2.28. The third kappa shape index (κ3) is 2.27. The summed E-state index contributed by atoms with van der Waals surface area (Å²) in [6, 6.07) is 9.11. The van der Waals surface area contributed by atoms with Gasteiger partial charge in [-0.05, 0) is 18.2 Å². The van der Waals surface area contributed by atoms with Gasteiger partial charge in [0, 0.05) is 18.1 Å². The zero-order chi connectivity index (χ0) is 11.4. The summed E-state index contributed by atoms with van der Waals surface area (Å²) in [5.41, 5.74) is 1.33. The summed E-state index contributed by atoms with van der Waals surface area (Å²) in [4.78, 5) is 7.93. The van der Waals surface area contributed by atoms with Crippen LogP contribution in [0.1, 0.15) is 5.56 Å². The minimum Gasteiger partial charge on any atom is -0.338 e. The molecule has 1 aromatic heterocycles. The molecule has 2 rings (SSSR count). The van der Waals surface area contributed by atoms with Crippen LogP contribution < -0.4 is 5.32 Å². The zero-order valence-electron chi connectivity index (χ0n) is 8.18. The first kappa shape index (κ1) is 10.4. The van der Waals surface area contributed by atoms with Gasteiger partial charge in [0.1, 0.15) is 0 Å². The van der Waals surface area contributed by atoms with Gasteiger partial charge in [-0.15, -0.1) is 0 Å². The Bertz CT molecular complexity index is 548. The topological polar surface area (TPSA) is 61.6 Å². The van der Waals surface area contributed by atoms with Crippen LogP contribution in [0.25, 0.3) is 0 Å². The lowest BCUT2D eigenvalue weighted by molar-refractivity contribution is 1.20. The third-order valence-electron chi connectivity index (χ3n) is 1.91. The number of aromatic nitrogens is 2. The van der Waals surface area contributed by atoms with Crippen LogP contribution in [-0.2, 0) is 0 Å². The van der Waals surface area contributed by atoms with Crippen LogP contribution in [0.5, 0.6) is 0 Å². The molecule has 0 spiro atoms. The monoisotopic (exact) mass is 230 g/mol. The Labute approximate surface area is 97.5 Å². The average Bonchev–Trinajstić information content (AvgIpc) is 2.32. The van der Waals surface area contributed by atoms with E-state index in [0.717, 1.165) is 5.69 Å². The summed E-state index contributed by atoms with van der Waals surface area (Å²) in [6.45, 7) is 0. The molecule has 0 fully saturated rings. The van der Waals surface area contributed by atoms with Crippen molar-refractivity contribution >= 4 is 23.1 Å². The number of anilines is 2. The SMILES string of the molecule is N#Cc1cccc(Nc2nccnc2Cl)c1. The molecule has 0 aliphatic heterocycles. The largest absolute Gasteiger partial charge is 0.338 e. The van der Waals surface area contributed by atoms with E-state index in [2.05, 4.69) is 21.4 Å². The van der Waals surface area contributed by atoms with E-state index in [1.54, 1.807) is 24.4 Å². The van der Waals surface area contributed by atoms with Crippen LogP contribution >= 0.6 is 11.6 Å². The van der Waals surface area contributed by atoms with Crippen molar-refractivity contribution in [1.82, 2.24) is 9.97 Å². The highest BCUT2D eigenvalue weighted by atomic mass is 35.5.